The second-order valence-corrected chi connectivity index (χ2v) is 14.5. The molecule has 10 heteroatoms. The van der Waals surface area contributed by atoms with Gasteiger partial charge in [0.15, 0.2) is 5.82 Å². The van der Waals surface area contributed by atoms with Crippen LogP contribution in [-0.2, 0) is 4.57 Å². The molecule has 0 amide bonds. The molecule has 1 aromatic heterocycles. The van der Waals surface area contributed by atoms with Crippen LogP contribution in [0.5, 0.6) is 5.75 Å². The zero-order valence-corrected chi connectivity index (χ0v) is 25.9. The van der Waals surface area contributed by atoms with E-state index in [-0.39, 0.29) is 0 Å². The van der Waals surface area contributed by atoms with Crippen molar-refractivity contribution in [3.63, 3.8) is 0 Å². The maximum absolute atomic E-state index is 13.1. The van der Waals surface area contributed by atoms with Crippen LogP contribution in [0.15, 0.2) is 30.5 Å². The molecule has 1 fully saturated rings. The molecule has 1 aliphatic rings. The number of aromatic nitrogens is 2. The molecule has 2 N–H and O–H groups in total. The molecule has 210 valence electrons. The molecule has 2 heterocycles. The lowest BCUT2D eigenvalue weighted by atomic mass is 10.0. The molecular formula is C29H40ClN6O2P. The van der Waals surface area contributed by atoms with Gasteiger partial charge in [-0.25, -0.2) is 4.98 Å². The summed E-state index contributed by atoms with van der Waals surface area (Å²) in [5.74, 6) is 1.52. The second kappa shape index (κ2) is 11.7. The molecule has 0 unspecified atom stereocenters. The molecule has 8 nitrogen and oxygen atoms in total. The first-order chi connectivity index (χ1) is 18.4. The quantitative estimate of drug-likeness (QED) is 0.304. The first-order valence-corrected chi connectivity index (χ1v) is 16.2. The average molecular weight is 571 g/mol. The number of methoxy groups -OCH3 is 1. The SMILES string of the molecule is COc1cc(N2CCC(N(C)C)CC2)c(C)cc1Nc1ncc(Cl)c(Nc2ccc(C)c(C)c2P(C)(C)=O)n1. The van der Waals surface area contributed by atoms with E-state index in [1.807, 2.05) is 26.0 Å². The predicted molar refractivity (Wildman–Crippen MR) is 165 cm³/mol. The number of nitrogens with zero attached hydrogens (tertiary/aromatic N) is 4. The van der Waals surface area contributed by atoms with E-state index in [4.69, 9.17) is 16.3 Å². The molecule has 0 atom stereocenters. The molecule has 2 aromatic carbocycles. The minimum Gasteiger partial charge on any atom is -0.494 e. The van der Waals surface area contributed by atoms with Crippen molar-refractivity contribution in [3.8, 4) is 5.75 Å². The number of benzene rings is 2. The van der Waals surface area contributed by atoms with Crippen LogP contribution in [-0.4, -0.2) is 68.5 Å². The number of anilines is 5. The number of ether oxygens (including phenoxy) is 1. The van der Waals surface area contributed by atoms with Gasteiger partial charge in [-0.3, -0.25) is 0 Å². The molecule has 3 aromatic rings. The van der Waals surface area contributed by atoms with E-state index in [9.17, 15) is 4.57 Å². The van der Waals surface area contributed by atoms with Crippen LogP contribution < -0.4 is 25.6 Å². The molecule has 0 bridgehead atoms. The minimum atomic E-state index is -2.57. The lowest BCUT2D eigenvalue weighted by molar-refractivity contribution is 0.249. The minimum absolute atomic E-state index is 0.367. The molecule has 1 aliphatic heterocycles. The monoisotopic (exact) mass is 570 g/mol. The molecule has 39 heavy (non-hydrogen) atoms. The summed E-state index contributed by atoms with van der Waals surface area (Å²) in [6, 6.07) is 8.71. The van der Waals surface area contributed by atoms with Crippen molar-refractivity contribution < 1.29 is 9.30 Å². The van der Waals surface area contributed by atoms with Gasteiger partial charge in [0.2, 0.25) is 5.95 Å². The number of rotatable bonds is 8. The highest BCUT2D eigenvalue weighted by Gasteiger charge is 2.24. The van der Waals surface area contributed by atoms with Crippen molar-refractivity contribution in [1.29, 1.82) is 0 Å². The van der Waals surface area contributed by atoms with E-state index in [1.165, 1.54) is 5.69 Å². The summed E-state index contributed by atoms with van der Waals surface area (Å²) in [6.07, 6.45) is 3.83. The molecule has 0 aliphatic carbocycles. The maximum Gasteiger partial charge on any atom is 0.229 e. The summed E-state index contributed by atoms with van der Waals surface area (Å²) in [5, 5.41) is 7.78. The van der Waals surface area contributed by atoms with Crippen LogP contribution in [0.25, 0.3) is 0 Å². The van der Waals surface area contributed by atoms with Gasteiger partial charge in [0, 0.05) is 36.2 Å². The Balaban J connectivity index is 1.60. The van der Waals surface area contributed by atoms with Gasteiger partial charge in [0.05, 0.1) is 24.7 Å². The molecule has 4 rings (SSSR count). The van der Waals surface area contributed by atoms with Crippen LogP contribution in [0.1, 0.15) is 29.5 Å². The number of nitrogens with one attached hydrogen (secondary N) is 2. The van der Waals surface area contributed by atoms with Crippen molar-refractivity contribution >= 4 is 52.9 Å². The van der Waals surface area contributed by atoms with Crippen molar-refractivity contribution in [1.82, 2.24) is 14.9 Å². The van der Waals surface area contributed by atoms with Crippen molar-refractivity contribution in [3.05, 3.63) is 52.2 Å². The van der Waals surface area contributed by atoms with E-state index < -0.39 is 7.14 Å². The van der Waals surface area contributed by atoms with Gasteiger partial charge in [-0.2, -0.15) is 4.98 Å². The van der Waals surface area contributed by atoms with E-state index in [0.717, 1.165) is 59.3 Å². The highest BCUT2D eigenvalue weighted by Crippen LogP contribution is 2.41. The third-order valence-electron chi connectivity index (χ3n) is 7.54. The van der Waals surface area contributed by atoms with Gasteiger partial charge >= 0.3 is 0 Å². The highest BCUT2D eigenvalue weighted by molar-refractivity contribution is 7.70. The summed E-state index contributed by atoms with van der Waals surface area (Å²) in [4.78, 5) is 13.8. The number of halogens is 1. The molecule has 0 saturated carbocycles. The first-order valence-electron chi connectivity index (χ1n) is 13.2. The van der Waals surface area contributed by atoms with Crippen LogP contribution >= 0.6 is 18.7 Å². The zero-order chi connectivity index (χ0) is 28.5. The molecule has 0 spiro atoms. The Labute approximate surface area is 237 Å². The predicted octanol–water partition coefficient (Wildman–Crippen LogP) is 6.33. The van der Waals surface area contributed by atoms with Crippen molar-refractivity contribution in [2.75, 3.05) is 63.2 Å². The number of piperidine rings is 1. The van der Waals surface area contributed by atoms with Crippen LogP contribution in [0.2, 0.25) is 5.02 Å². The van der Waals surface area contributed by atoms with E-state index in [2.05, 4.69) is 63.6 Å². The first kappa shape index (κ1) is 29.2. The summed E-state index contributed by atoms with van der Waals surface area (Å²) in [6.45, 7) is 11.7. The second-order valence-electron chi connectivity index (χ2n) is 10.9. The molecule has 1 saturated heterocycles. The van der Waals surface area contributed by atoms with Gasteiger partial charge < -0.3 is 29.7 Å². The summed E-state index contributed by atoms with van der Waals surface area (Å²) >= 11 is 6.49. The fourth-order valence-electron chi connectivity index (χ4n) is 5.27. The Hall–Kier alpha value is -2.80. The third kappa shape index (κ3) is 6.51. The summed E-state index contributed by atoms with van der Waals surface area (Å²) < 4.78 is 18.9. The number of hydrogen-bond acceptors (Lipinski definition) is 8. The van der Waals surface area contributed by atoms with E-state index >= 15 is 0 Å². The van der Waals surface area contributed by atoms with E-state index in [0.29, 0.717) is 28.6 Å². The Morgan fingerprint density at radius 2 is 1.74 bits per heavy atom. The molecule has 0 radical (unpaired) electrons. The molecular weight excluding hydrogens is 531 g/mol. The topological polar surface area (TPSA) is 82.6 Å². The third-order valence-corrected chi connectivity index (χ3v) is 9.47. The van der Waals surface area contributed by atoms with Crippen LogP contribution in [0, 0.1) is 20.8 Å². The lowest BCUT2D eigenvalue weighted by Crippen LogP contribution is -2.42. The van der Waals surface area contributed by atoms with Crippen LogP contribution in [0.3, 0.4) is 0 Å². The normalized spacial score (nSPS) is 14.6. The van der Waals surface area contributed by atoms with Gasteiger partial charge in [-0.1, -0.05) is 17.7 Å². The summed E-state index contributed by atoms with van der Waals surface area (Å²) in [7, 11) is 3.41. The standard InChI is InChI=1S/C29H40ClN6O2P/c1-18-9-10-23(27(20(18)3)39(7,8)37)32-28-22(30)17-31-29(34-28)33-24-15-19(2)25(16-26(24)38-6)36-13-11-21(12-14-36)35(4)5/h9-10,15-17,21H,11-14H2,1-8H3,(H2,31,32,33,34). The smallest absolute Gasteiger partial charge is 0.229 e. The van der Waals surface area contributed by atoms with Gasteiger partial charge in [-0.05, 0) is 89.9 Å². The maximum atomic E-state index is 13.1. The average Bonchev–Trinajstić information content (AvgIpc) is 2.87. The number of aryl methyl sites for hydroxylation is 2. The van der Waals surface area contributed by atoms with Gasteiger partial charge in [-0.15, -0.1) is 0 Å². The fraction of sp³-hybridized carbons (Fsp3) is 0.448. The number of hydrogen-bond donors (Lipinski definition) is 2. The largest absolute Gasteiger partial charge is 0.494 e. The zero-order valence-electron chi connectivity index (χ0n) is 24.2. The Morgan fingerprint density at radius 1 is 1.05 bits per heavy atom. The van der Waals surface area contributed by atoms with Crippen molar-refractivity contribution in [2.24, 2.45) is 0 Å². The summed E-state index contributed by atoms with van der Waals surface area (Å²) in [5.41, 5.74) is 5.92. The van der Waals surface area contributed by atoms with E-state index in [1.54, 1.807) is 26.6 Å². The van der Waals surface area contributed by atoms with Gasteiger partial charge in [0.1, 0.15) is 17.9 Å². The van der Waals surface area contributed by atoms with Crippen LogP contribution in [0.4, 0.5) is 28.8 Å². The lowest BCUT2D eigenvalue weighted by Gasteiger charge is -2.37. The van der Waals surface area contributed by atoms with Gasteiger partial charge in [0.25, 0.3) is 0 Å². The Kier molecular flexibility index (Phi) is 8.79. The van der Waals surface area contributed by atoms with Crippen molar-refractivity contribution in [2.45, 2.75) is 39.7 Å². The highest BCUT2D eigenvalue weighted by atomic mass is 35.5. The Morgan fingerprint density at radius 3 is 2.36 bits per heavy atom. The fourth-order valence-corrected chi connectivity index (χ4v) is 7.10. The Bertz CT molecular complexity index is 1400.